The Morgan fingerprint density at radius 2 is 1.97 bits per heavy atom. The van der Waals surface area contributed by atoms with Gasteiger partial charge in [-0.2, -0.15) is 0 Å². The van der Waals surface area contributed by atoms with Gasteiger partial charge in [0.05, 0.1) is 35.7 Å². The second-order valence-electron chi connectivity index (χ2n) is 9.89. The standard InChI is InChI=1S/C28H28Cl2N2O7/c1-38-22-10-15(13-34)8-17-23-18(27(36)31-6-7-33)11-21(24(35)26(23)39-25(17)22)32(28(37)16-3-4-16)12-14-2-5-19(29)20(30)9-14/h2,5,8-11,13,16,21,23-24,26,33,35H,3-4,6-7,12H2,1H3,(H,31,36). The first-order valence-corrected chi connectivity index (χ1v) is 13.4. The minimum absolute atomic E-state index is 0.0141. The fourth-order valence-corrected chi connectivity index (χ4v) is 5.61. The van der Waals surface area contributed by atoms with Crippen LogP contribution in [0.5, 0.6) is 11.5 Å². The van der Waals surface area contributed by atoms with Crippen molar-refractivity contribution in [3.8, 4) is 11.5 Å². The lowest BCUT2D eigenvalue weighted by Gasteiger charge is -2.41. The second-order valence-corrected chi connectivity index (χ2v) is 10.7. The highest BCUT2D eigenvalue weighted by atomic mass is 35.5. The van der Waals surface area contributed by atoms with Gasteiger partial charge in [0.2, 0.25) is 11.8 Å². The molecule has 2 aromatic carbocycles. The normalized spacial score (nSPS) is 23.2. The summed E-state index contributed by atoms with van der Waals surface area (Å²) in [5.74, 6) is -0.911. The number of methoxy groups -OCH3 is 1. The Balaban J connectivity index is 1.59. The van der Waals surface area contributed by atoms with Crippen molar-refractivity contribution in [2.24, 2.45) is 5.92 Å². The molecule has 1 aliphatic heterocycles. The Morgan fingerprint density at radius 3 is 2.62 bits per heavy atom. The molecule has 4 unspecified atom stereocenters. The van der Waals surface area contributed by atoms with Crippen LogP contribution in [-0.4, -0.2) is 71.7 Å². The van der Waals surface area contributed by atoms with Crippen molar-refractivity contribution in [3.05, 3.63) is 68.7 Å². The van der Waals surface area contributed by atoms with Crippen molar-refractivity contribution in [2.75, 3.05) is 20.3 Å². The summed E-state index contributed by atoms with van der Waals surface area (Å²) in [5, 5.41) is 24.4. The third-order valence-electron chi connectivity index (χ3n) is 7.32. The lowest BCUT2D eigenvalue weighted by atomic mass is 9.77. The smallest absolute Gasteiger partial charge is 0.247 e. The summed E-state index contributed by atoms with van der Waals surface area (Å²) < 4.78 is 11.7. The molecule has 39 heavy (non-hydrogen) atoms. The SMILES string of the molecule is COc1cc(C=O)cc2c1OC1C2C(C(=O)NCCO)=CC(N(Cc2ccc(Cl)c(Cl)c2)C(=O)C2CC2)C1O. The number of ether oxygens (including phenoxy) is 2. The molecular formula is C28H28Cl2N2O7. The Morgan fingerprint density at radius 1 is 1.21 bits per heavy atom. The maximum Gasteiger partial charge on any atom is 0.247 e. The summed E-state index contributed by atoms with van der Waals surface area (Å²) in [4.78, 5) is 40.1. The van der Waals surface area contributed by atoms with Crippen LogP contribution in [0.25, 0.3) is 0 Å². The predicted octanol–water partition coefficient (Wildman–Crippen LogP) is 2.88. The van der Waals surface area contributed by atoms with E-state index in [0.29, 0.717) is 44.5 Å². The zero-order chi connectivity index (χ0) is 27.8. The van der Waals surface area contributed by atoms with Gasteiger partial charge in [0.1, 0.15) is 18.5 Å². The molecule has 0 spiro atoms. The summed E-state index contributed by atoms with van der Waals surface area (Å²) in [7, 11) is 1.44. The van der Waals surface area contributed by atoms with Crippen molar-refractivity contribution in [1.29, 1.82) is 0 Å². The van der Waals surface area contributed by atoms with E-state index in [1.807, 2.05) is 0 Å². The zero-order valence-corrected chi connectivity index (χ0v) is 22.6. The van der Waals surface area contributed by atoms with Gasteiger partial charge in [-0.05, 0) is 48.7 Å². The number of rotatable bonds is 9. The molecule has 5 rings (SSSR count). The number of aliphatic hydroxyl groups excluding tert-OH is 2. The van der Waals surface area contributed by atoms with E-state index in [1.165, 1.54) is 13.2 Å². The van der Waals surface area contributed by atoms with Gasteiger partial charge < -0.3 is 29.9 Å². The number of benzene rings is 2. The molecule has 0 bridgehead atoms. The Hall–Kier alpha value is -3.11. The van der Waals surface area contributed by atoms with E-state index >= 15 is 0 Å². The first kappa shape index (κ1) is 27.5. The van der Waals surface area contributed by atoms with Gasteiger partial charge in [-0.15, -0.1) is 0 Å². The molecule has 1 saturated carbocycles. The van der Waals surface area contributed by atoms with Gasteiger partial charge in [-0.1, -0.05) is 29.3 Å². The number of carbonyl (C=O) groups excluding carboxylic acids is 3. The predicted molar refractivity (Wildman–Crippen MR) is 143 cm³/mol. The quantitative estimate of drug-likeness (QED) is 0.393. The van der Waals surface area contributed by atoms with Gasteiger partial charge in [0.25, 0.3) is 0 Å². The molecule has 2 amide bonds. The summed E-state index contributed by atoms with van der Waals surface area (Å²) in [6.07, 6.45) is 1.59. The van der Waals surface area contributed by atoms with E-state index in [2.05, 4.69) is 5.32 Å². The fraction of sp³-hybridized carbons (Fsp3) is 0.393. The lowest BCUT2D eigenvalue weighted by Crippen LogP contribution is -2.55. The molecule has 0 saturated heterocycles. The first-order chi connectivity index (χ1) is 18.8. The van der Waals surface area contributed by atoms with Crippen LogP contribution < -0.4 is 14.8 Å². The van der Waals surface area contributed by atoms with Crippen molar-refractivity contribution in [3.63, 3.8) is 0 Å². The molecule has 11 heteroatoms. The third kappa shape index (κ3) is 5.24. The number of nitrogens with one attached hydrogen (secondary N) is 1. The zero-order valence-electron chi connectivity index (χ0n) is 21.1. The minimum Gasteiger partial charge on any atom is -0.493 e. The van der Waals surface area contributed by atoms with Crippen molar-refractivity contribution in [1.82, 2.24) is 10.2 Å². The summed E-state index contributed by atoms with van der Waals surface area (Å²) in [6.45, 7) is -0.127. The number of hydrogen-bond acceptors (Lipinski definition) is 7. The Labute approximate surface area is 235 Å². The molecule has 3 aliphatic rings. The topological polar surface area (TPSA) is 125 Å². The van der Waals surface area contributed by atoms with Crippen LogP contribution in [0.2, 0.25) is 10.0 Å². The Bertz CT molecular complexity index is 1340. The molecule has 0 aromatic heterocycles. The molecule has 2 aliphatic carbocycles. The van der Waals surface area contributed by atoms with Gasteiger partial charge in [-0.3, -0.25) is 14.4 Å². The second kappa shape index (κ2) is 11.2. The van der Waals surface area contributed by atoms with Crippen molar-refractivity contribution in [2.45, 2.75) is 43.6 Å². The number of aliphatic hydroxyl groups is 2. The van der Waals surface area contributed by atoms with E-state index in [9.17, 15) is 24.6 Å². The number of carbonyl (C=O) groups is 3. The summed E-state index contributed by atoms with van der Waals surface area (Å²) in [5.41, 5.74) is 1.82. The first-order valence-electron chi connectivity index (χ1n) is 12.6. The molecular weight excluding hydrogens is 547 g/mol. The summed E-state index contributed by atoms with van der Waals surface area (Å²) in [6, 6.07) is 7.29. The lowest BCUT2D eigenvalue weighted by molar-refractivity contribution is -0.139. The number of hydrogen-bond donors (Lipinski definition) is 3. The van der Waals surface area contributed by atoms with Crippen LogP contribution in [0.15, 0.2) is 42.0 Å². The Kier molecular flexibility index (Phi) is 7.87. The maximum atomic E-state index is 13.5. The van der Waals surface area contributed by atoms with Crippen LogP contribution >= 0.6 is 23.2 Å². The molecule has 1 heterocycles. The van der Waals surface area contributed by atoms with E-state index in [1.54, 1.807) is 35.2 Å². The van der Waals surface area contributed by atoms with Crippen LogP contribution in [-0.2, 0) is 16.1 Å². The molecule has 1 fully saturated rings. The largest absolute Gasteiger partial charge is 0.493 e. The highest BCUT2D eigenvalue weighted by molar-refractivity contribution is 6.42. The van der Waals surface area contributed by atoms with E-state index in [0.717, 1.165) is 12.8 Å². The number of aldehydes is 1. The summed E-state index contributed by atoms with van der Waals surface area (Å²) >= 11 is 12.3. The van der Waals surface area contributed by atoms with E-state index in [-0.39, 0.29) is 37.1 Å². The van der Waals surface area contributed by atoms with Crippen molar-refractivity contribution < 1.29 is 34.1 Å². The van der Waals surface area contributed by atoms with Crippen LogP contribution in [0.4, 0.5) is 0 Å². The highest BCUT2D eigenvalue weighted by Gasteiger charge is 2.52. The van der Waals surface area contributed by atoms with Crippen LogP contribution in [0.3, 0.4) is 0 Å². The molecule has 3 N–H and O–H groups in total. The van der Waals surface area contributed by atoms with Crippen LogP contribution in [0, 0.1) is 5.92 Å². The maximum absolute atomic E-state index is 13.5. The number of fused-ring (bicyclic) bond motifs is 3. The van der Waals surface area contributed by atoms with E-state index in [4.69, 9.17) is 32.7 Å². The molecule has 0 radical (unpaired) electrons. The third-order valence-corrected chi connectivity index (χ3v) is 8.06. The van der Waals surface area contributed by atoms with Gasteiger partial charge >= 0.3 is 0 Å². The molecule has 9 nitrogen and oxygen atoms in total. The van der Waals surface area contributed by atoms with Gasteiger partial charge in [-0.25, -0.2) is 0 Å². The van der Waals surface area contributed by atoms with Crippen molar-refractivity contribution >= 4 is 41.3 Å². The van der Waals surface area contributed by atoms with Crippen LogP contribution in [0.1, 0.15) is 40.2 Å². The molecule has 2 aromatic rings. The molecule has 206 valence electrons. The average molecular weight is 575 g/mol. The number of halogens is 2. The van der Waals surface area contributed by atoms with Gasteiger partial charge in [0.15, 0.2) is 11.5 Å². The van der Waals surface area contributed by atoms with E-state index < -0.39 is 30.1 Å². The fourth-order valence-electron chi connectivity index (χ4n) is 5.29. The minimum atomic E-state index is -1.22. The van der Waals surface area contributed by atoms with Gasteiger partial charge in [0, 0.05) is 35.7 Å². The highest BCUT2D eigenvalue weighted by Crippen LogP contribution is 2.51. The number of nitrogens with zero attached hydrogens (tertiary/aromatic N) is 1. The number of amides is 2. The monoisotopic (exact) mass is 574 g/mol. The molecule has 4 atom stereocenters. The average Bonchev–Trinajstić information content (AvgIpc) is 3.72.